The van der Waals surface area contributed by atoms with Crippen LogP contribution in [0.25, 0.3) is 0 Å². The largest absolute Gasteiger partial charge is 0.394 e. The van der Waals surface area contributed by atoms with E-state index in [1.165, 1.54) is 0 Å². The van der Waals surface area contributed by atoms with Gasteiger partial charge < -0.3 is 25.0 Å². The molecule has 5 atom stereocenters. The van der Waals surface area contributed by atoms with Crippen molar-refractivity contribution in [2.75, 3.05) is 13.3 Å². The van der Waals surface area contributed by atoms with Gasteiger partial charge in [-0.15, -0.1) is 0 Å². The third-order valence-electron chi connectivity index (χ3n) is 5.28. The summed E-state index contributed by atoms with van der Waals surface area (Å²) in [6, 6.07) is 9.48. The van der Waals surface area contributed by atoms with Gasteiger partial charge >= 0.3 is 0 Å². The predicted octanol–water partition coefficient (Wildman–Crippen LogP) is -0.438. The zero-order chi connectivity index (χ0) is 19.9. The first-order valence-electron chi connectivity index (χ1n) is 9.45. The van der Waals surface area contributed by atoms with E-state index in [4.69, 9.17) is 15.5 Å². The third kappa shape index (κ3) is 2.96. The van der Waals surface area contributed by atoms with Crippen LogP contribution in [0.2, 0.25) is 0 Å². The summed E-state index contributed by atoms with van der Waals surface area (Å²) in [7, 11) is 0. The van der Waals surface area contributed by atoms with E-state index in [0.717, 1.165) is 12.0 Å². The molecule has 1 fully saturated rings. The van der Waals surface area contributed by atoms with Crippen molar-refractivity contribution in [2.45, 2.75) is 50.0 Å². The van der Waals surface area contributed by atoms with Crippen molar-refractivity contribution < 1.29 is 20.1 Å². The molecule has 0 aromatic heterocycles. The summed E-state index contributed by atoms with van der Waals surface area (Å²) in [6.45, 7) is 1.81. The van der Waals surface area contributed by atoms with Crippen LogP contribution in [-0.4, -0.2) is 75.4 Å². The summed E-state index contributed by atoms with van der Waals surface area (Å²) in [6.07, 6.45) is -2.65. The Hall–Kier alpha value is -2.17. The predicted molar refractivity (Wildman–Crippen MR) is 104 cm³/mol. The molecule has 3 heterocycles. The first-order valence-corrected chi connectivity index (χ1v) is 9.45. The number of nitrogens with two attached hydrogens (primary N) is 1. The minimum Gasteiger partial charge on any atom is -0.394 e. The second kappa shape index (κ2) is 7.34. The molecule has 9 heteroatoms. The minimum atomic E-state index is -1.20. The number of ether oxygens (including phenoxy) is 1. The second-order valence-corrected chi connectivity index (χ2v) is 7.19. The van der Waals surface area contributed by atoms with Crippen molar-refractivity contribution in [1.82, 2.24) is 4.90 Å². The molecule has 5 N–H and O–H groups in total. The maximum Gasteiger partial charge on any atom is 0.182 e. The first kappa shape index (κ1) is 19.2. The van der Waals surface area contributed by atoms with Gasteiger partial charge in [0, 0.05) is 12.0 Å². The SMILES string of the molecule is CCCC1=NC(N)(c2ccccc2)C2=NCN([C@@H]3O[C@H](CO)[C@@H](O)[C@H]3O)C2=N1. The molecule has 0 radical (unpaired) electrons. The molecule has 0 amide bonds. The molecular formula is C19H25N5O4. The zero-order valence-corrected chi connectivity index (χ0v) is 15.6. The molecule has 1 saturated heterocycles. The number of amidine groups is 2. The Kier molecular flexibility index (Phi) is 5.02. The highest BCUT2D eigenvalue weighted by molar-refractivity contribution is 6.48. The second-order valence-electron chi connectivity index (χ2n) is 7.19. The Morgan fingerprint density at radius 3 is 2.64 bits per heavy atom. The quantitative estimate of drug-likeness (QED) is 0.541. The lowest BCUT2D eigenvalue weighted by Crippen LogP contribution is -2.54. The van der Waals surface area contributed by atoms with Gasteiger partial charge in [0.2, 0.25) is 0 Å². The fourth-order valence-electron chi connectivity index (χ4n) is 3.80. The van der Waals surface area contributed by atoms with Crippen molar-refractivity contribution in [3.05, 3.63) is 35.9 Å². The molecule has 150 valence electrons. The van der Waals surface area contributed by atoms with Gasteiger partial charge in [-0.05, 0) is 6.42 Å². The lowest BCUT2D eigenvalue weighted by atomic mass is 9.93. The lowest BCUT2D eigenvalue weighted by Gasteiger charge is -2.34. The van der Waals surface area contributed by atoms with Crippen LogP contribution in [0.15, 0.2) is 45.3 Å². The van der Waals surface area contributed by atoms with E-state index in [-0.39, 0.29) is 6.67 Å². The average molecular weight is 387 g/mol. The van der Waals surface area contributed by atoms with Crippen molar-refractivity contribution >= 4 is 17.4 Å². The van der Waals surface area contributed by atoms with E-state index in [0.29, 0.717) is 23.8 Å². The zero-order valence-electron chi connectivity index (χ0n) is 15.6. The molecule has 9 nitrogen and oxygen atoms in total. The number of aliphatic imine (C=N–C) groups is 3. The molecule has 1 unspecified atom stereocenters. The first-order chi connectivity index (χ1) is 13.5. The average Bonchev–Trinajstić information content (AvgIpc) is 3.25. The minimum absolute atomic E-state index is 0.168. The van der Waals surface area contributed by atoms with Crippen molar-refractivity contribution in [3.63, 3.8) is 0 Å². The summed E-state index contributed by atoms with van der Waals surface area (Å²) in [4.78, 5) is 15.6. The number of fused-ring (bicyclic) bond motifs is 1. The molecule has 1 aromatic carbocycles. The van der Waals surface area contributed by atoms with Crippen molar-refractivity contribution in [1.29, 1.82) is 0 Å². The van der Waals surface area contributed by atoms with Crippen LogP contribution in [0, 0.1) is 0 Å². The van der Waals surface area contributed by atoms with Gasteiger partial charge in [0.05, 0.1) is 6.61 Å². The topological polar surface area (TPSA) is 136 Å². The van der Waals surface area contributed by atoms with Gasteiger partial charge in [0.1, 0.15) is 36.5 Å². The van der Waals surface area contributed by atoms with Gasteiger partial charge in [-0.25, -0.2) is 9.98 Å². The highest BCUT2D eigenvalue weighted by atomic mass is 16.6. The fraction of sp³-hybridized carbons (Fsp3) is 0.526. The van der Waals surface area contributed by atoms with Gasteiger partial charge in [0.15, 0.2) is 17.7 Å². The van der Waals surface area contributed by atoms with E-state index >= 15 is 0 Å². The molecule has 0 spiro atoms. The number of aliphatic hydroxyl groups is 3. The molecule has 3 aliphatic rings. The Labute approximate surface area is 162 Å². The lowest BCUT2D eigenvalue weighted by molar-refractivity contribution is -0.0688. The normalized spacial score (nSPS) is 34.8. The van der Waals surface area contributed by atoms with Gasteiger partial charge in [-0.2, -0.15) is 0 Å². The number of hydrogen-bond donors (Lipinski definition) is 4. The van der Waals surface area contributed by atoms with Crippen LogP contribution in [0.3, 0.4) is 0 Å². The summed E-state index contributed by atoms with van der Waals surface area (Å²) in [5.74, 6) is 1.08. The molecule has 3 aliphatic heterocycles. The molecule has 1 aromatic rings. The summed E-state index contributed by atoms with van der Waals surface area (Å²) < 4.78 is 5.68. The Balaban J connectivity index is 1.72. The molecule has 0 bridgehead atoms. The summed E-state index contributed by atoms with van der Waals surface area (Å²) >= 11 is 0. The number of benzene rings is 1. The van der Waals surface area contributed by atoms with Crippen LogP contribution < -0.4 is 5.73 Å². The summed E-state index contributed by atoms with van der Waals surface area (Å²) in [5, 5.41) is 29.9. The van der Waals surface area contributed by atoms with Gasteiger partial charge in [-0.3, -0.25) is 10.7 Å². The fourth-order valence-corrected chi connectivity index (χ4v) is 3.80. The van der Waals surface area contributed by atoms with Gasteiger partial charge in [-0.1, -0.05) is 37.3 Å². The number of hydrogen-bond acceptors (Lipinski definition) is 9. The third-order valence-corrected chi connectivity index (χ3v) is 5.28. The maximum absolute atomic E-state index is 10.4. The number of nitrogens with zero attached hydrogens (tertiary/aromatic N) is 4. The molecule has 0 aliphatic carbocycles. The van der Waals surface area contributed by atoms with Crippen LogP contribution in [0.1, 0.15) is 25.3 Å². The monoisotopic (exact) mass is 387 g/mol. The number of rotatable bonds is 5. The van der Waals surface area contributed by atoms with Crippen LogP contribution in [-0.2, 0) is 10.4 Å². The van der Waals surface area contributed by atoms with Crippen molar-refractivity contribution in [2.24, 2.45) is 20.7 Å². The Bertz CT molecular complexity index is 827. The van der Waals surface area contributed by atoms with Gasteiger partial charge in [0.25, 0.3) is 0 Å². The maximum atomic E-state index is 10.4. The standard InChI is InChI=1S/C19H25N5O4/c1-2-6-13-22-17-16(19(20,23-13)11-7-4-3-5-8-11)21-10-24(17)18-15(27)14(26)12(9-25)28-18/h3-5,7-8,12,14-15,18,25-27H,2,6,9-10,20H2,1H3/t12-,14-,15-,18-,19?/m1/s1. The molecule has 0 saturated carbocycles. The highest BCUT2D eigenvalue weighted by Crippen LogP contribution is 2.33. The number of aliphatic hydroxyl groups excluding tert-OH is 3. The van der Waals surface area contributed by atoms with E-state index < -0.39 is 36.8 Å². The Morgan fingerprint density at radius 1 is 1.25 bits per heavy atom. The molecule has 28 heavy (non-hydrogen) atoms. The van der Waals surface area contributed by atoms with Crippen LogP contribution in [0.4, 0.5) is 0 Å². The van der Waals surface area contributed by atoms with E-state index in [1.54, 1.807) is 4.90 Å². The smallest absolute Gasteiger partial charge is 0.182 e. The van der Waals surface area contributed by atoms with E-state index in [9.17, 15) is 15.3 Å². The van der Waals surface area contributed by atoms with Crippen molar-refractivity contribution in [3.8, 4) is 0 Å². The Morgan fingerprint density at radius 2 is 2.00 bits per heavy atom. The van der Waals surface area contributed by atoms with Crippen LogP contribution >= 0.6 is 0 Å². The van der Waals surface area contributed by atoms with E-state index in [1.807, 2.05) is 37.3 Å². The summed E-state index contributed by atoms with van der Waals surface area (Å²) in [5.41, 5.74) is 6.85. The highest BCUT2D eigenvalue weighted by Gasteiger charge is 2.51. The molecule has 4 rings (SSSR count). The molecular weight excluding hydrogens is 362 g/mol. The van der Waals surface area contributed by atoms with E-state index in [2.05, 4.69) is 9.98 Å². The van der Waals surface area contributed by atoms with Crippen LogP contribution in [0.5, 0.6) is 0 Å².